The van der Waals surface area contributed by atoms with E-state index in [1.807, 2.05) is 6.08 Å². The molecule has 0 heterocycles. The lowest BCUT2D eigenvalue weighted by atomic mass is 9.49. The fourth-order valence-electron chi connectivity index (χ4n) is 6.86. The van der Waals surface area contributed by atoms with E-state index in [1.165, 1.54) is 11.1 Å². The van der Waals surface area contributed by atoms with Crippen LogP contribution in [-0.4, -0.2) is 22.3 Å². The Kier molecular flexibility index (Phi) is 3.55. The number of allylic oxidation sites excluding steroid dienone is 4. The lowest BCUT2D eigenvalue weighted by molar-refractivity contribution is -0.150. The molecule has 4 aliphatic rings. The molecule has 0 aromatic rings. The predicted octanol–water partition coefficient (Wildman–Crippen LogP) is 4.00. The van der Waals surface area contributed by atoms with Crippen molar-refractivity contribution in [3.05, 3.63) is 23.3 Å². The van der Waals surface area contributed by atoms with Gasteiger partial charge in [0.25, 0.3) is 0 Å². The van der Waals surface area contributed by atoms with Crippen LogP contribution in [0.15, 0.2) is 23.3 Å². The van der Waals surface area contributed by atoms with Crippen molar-refractivity contribution in [1.29, 1.82) is 0 Å². The third-order valence-corrected chi connectivity index (χ3v) is 8.39. The highest BCUT2D eigenvalue weighted by molar-refractivity contribution is 5.92. The van der Waals surface area contributed by atoms with E-state index in [0.717, 1.165) is 25.7 Å². The summed E-state index contributed by atoms with van der Waals surface area (Å²) in [4.78, 5) is 24.3. The third kappa shape index (κ3) is 2.02. The molecule has 0 aromatic carbocycles. The van der Waals surface area contributed by atoms with Crippen molar-refractivity contribution < 1.29 is 14.7 Å². The summed E-state index contributed by atoms with van der Waals surface area (Å²) in [5.41, 5.74) is 1.26. The third-order valence-electron chi connectivity index (χ3n) is 8.39. The highest BCUT2D eigenvalue weighted by Crippen LogP contribution is 2.66. The molecule has 0 aromatic heterocycles. The number of carbonyl (C=O) groups excluding carboxylic acids is 2. The normalized spacial score (nSPS) is 48.8. The zero-order valence-corrected chi connectivity index (χ0v) is 15.9. The first-order valence-corrected chi connectivity index (χ1v) is 9.82. The van der Waals surface area contributed by atoms with E-state index >= 15 is 0 Å². The van der Waals surface area contributed by atoms with Crippen molar-refractivity contribution in [3.63, 3.8) is 0 Å². The number of aliphatic hydroxyl groups is 1. The summed E-state index contributed by atoms with van der Waals surface area (Å²) < 4.78 is 0. The molecule has 2 saturated carbocycles. The molecule has 0 spiro atoms. The van der Waals surface area contributed by atoms with Gasteiger partial charge in [0, 0.05) is 17.3 Å². The van der Waals surface area contributed by atoms with Gasteiger partial charge >= 0.3 is 0 Å². The molecule has 3 nitrogen and oxygen atoms in total. The maximum Gasteiger partial charge on any atom is 0.161 e. The van der Waals surface area contributed by atoms with E-state index in [1.54, 1.807) is 6.92 Å². The van der Waals surface area contributed by atoms with Crippen molar-refractivity contribution in [2.45, 2.75) is 71.8 Å². The molecule has 4 rings (SSSR count). The van der Waals surface area contributed by atoms with Gasteiger partial charge in [-0.15, -0.1) is 0 Å². The highest BCUT2D eigenvalue weighted by atomic mass is 16.3. The first kappa shape index (κ1) is 17.2. The quantitative estimate of drug-likeness (QED) is 0.733. The molecule has 2 unspecified atom stereocenters. The summed E-state index contributed by atoms with van der Waals surface area (Å²) in [5.74, 6) is 1.38. The van der Waals surface area contributed by atoms with Gasteiger partial charge in [-0.05, 0) is 62.9 Å². The van der Waals surface area contributed by atoms with Crippen LogP contribution >= 0.6 is 0 Å². The van der Waals surface area contributed by atoms with E-state index in [0.29, 0.717) is 30.6 Å². The second-order valence-corrected chi connectivity index (χ2v) is 9.48. The van der Waals surface area contributed by atoms with E-state index in [-0.39, 0.29) is 22.4 Å². The van der Waals surface area contributed by atoms with Gasteiger partial charge in [0.15, 0.2) is 11.6 Å². The van der Waals surface area contributed by atoms with Gasteiger partial charge in [-0.3, -0.25) is 9.59 Å². The first-order valence-electron chi connectivity index (χ1n) is 9.82. The van der Waals surface area contributed by atoms with Gasteiger partial charge in [0.2, 0.25) is 0 Å². The molecular weight excluding hydrogens is 312 g/mol. The van der Waals surface area contributed by atoms with Crippen LogP contribution in [0.1, 0.15) is 66.2 Å². The predicted molar refractivity (Wildman–Crippen MR) is 96.9 cm³/mol. The molecule has 0 amide bonds. The summed E-state index contributed by atoms with van der Waals surface area (Å²) >= 11 is 0. The lowest BCUT2D eigenvalue weighted by Crippen LogP contribution is -2.54. The van der Waals surface area contributed by atoms with E-state index in [4.69, 9.17) is 0 Å². The van der Waals surface area contributed by atoms with Crippen LogP contribution in [0.25, 0.3) is 0 Å². The van der Waals surface area contributed by atoms with Gasteiger partial charge in [-0.1, -0.05) is 38.0 Å². The molecular formula is C22H30O3. The van der Waals surface area contributed by atoms with E-state index in [2.05, 4.69) is 26.8 Å². The van der Waals surface area contributed by atoms with Gasteiger partial charge < -0.3 is 5.11 Å². The van der Waals surface area contributed by atoms with Crippen molar-refractivity contribution in [3.8, 4) is 0 Å². The van der Waals surface area contributed by atoms with Gasteiger partial charge in [0.05, 0.1) is 0 Å². The monoisotopic (exact) mass is 342 g/mol. The Hall–Kier alpha value is -1.22. The van der Waals surface area contributed by atoms with Crippen molar-refractivity contribution in [2.24, 2.45) is 28.6 Å². The van der Waals surface area contributed by atoms with Crippen molar-refractivity contribution in [2.75, 3.05) is 0 Å². The first-order chi connectivity index (χ1) is 11.6. The molecule has 2 fully saturated rings. The fraction of sp³-hybridized carbons (Fsp3) is 0.727. The second-order valence-electron chi connectivity index (χ2n) is 9.48. The Morgan fingerprint density at radius 1 is 1.24 bits per heavy atom. The molecule has 0 saturated heterocycles. The van der Waals surface area contributed by atoms with Crippen LogP contribution in [0.2, 0.25) is 0 Å². The summed E-state index contributed by atoms with van der Waals surface area (Å²) in [5, 5.41) is 11.2. The molecule has 0 radical (unpaired) electrons. The van der Waals surface area contributed by atoms with Crippen LogP contribution in [0, 0.1) is 28.6 Å². The fourth-order valence-corrected chi connectivity index (χ4v) is 6.86. The Morgan fingerprint density at radius 3 is 2.64 bits per heavy atom. The number of hydrogen-bond donors (Lipinski definition) is 1. The van der Waals surface area contributed by atoms with Crippen LogP contribution in [-0.2, 0) is 9.59 Å². The molecule has 136 valence electrons. The highest BCUT2D eigenvalue weighted by Gasteiger charge is 2.64. The Bertz CT molecular complexity index is 717. The Balaban J connectivity index is 1.81. The summed E-state index contributed by atoms with van der Waals surface area (Å²) in [7, 11) is 0. The lowest BCUT2D eigenvalue weighted by Gasteiger charge is -2.56. The number of Topliss-reactive ketones (excluding diaryl/α,β-unsaturated/α-hetero) is 1. The van der Waals surface area contributed by atoms with Gasteiger partial charge in [0.1, 0.15) is 5.60 Å². The SMILES string of the molecule is CC(=O)[C@@]1(O)CCC2C3C[C@H](C)C4=CC(=O)CC[C@]4(C)C3=CC[C@@]21C. The Labute approximate surface area is 150 Å². The minimum absolute atomic E-state index is 0.00545. The second kappa shape index (κ2) is 5.16. The standard InChI is InChI=1S/C22H30O3/c1-13-11-16-17(20(3)8-5-15(24)12-19(13)20)6-9-21(4)18(16)7-10-22(21,25)14(2)23/h6,12-13,16,18,25H,5,7-11H2,1-4H3/t13-,16?,18?,20+,21-,22-/m0/s1. The molecule has 0 aliphatic heterocycles. The van der Waals surface area contributed by atoms with E-state index in [9.17, 15) is 14.7 Å². The zero-order chi connectivity index (χ0) is 18.2. The van der Waals surface area contributed by atoms with Crippen LogP contribution in [0.4, 0.5) is 0 Å². The largest absolute Gasteiger partial charge is 0.381 e. The number of hydrogen-bond acceptors (Lipinski definition) is 3. The minimum Gasteiger partial charge on any atom is -0.381 e. The van der Waals surface area contributed by atoms with E-state index < -0.39 is 5.60 Å². The smallest absolute Gasteiger partial charge is 0.161 e. The van der Waals surface area contributed by atoms with Crippen LogP contribution < -0.4 is 0 Å². The average molecular weight is 342 g/mol. The number of carbonyl (C=O) groups is 2. The summed E-state index contributed by atoms with van der Waals surface area (Å²) in [6, 6.07) is 0. The van der Waals surface area contributed by atoms with Crippen molar-refractivity contribution >= 4 is 11.6 Å². The number of fused-ring (bicyclic) bond motifs is 5. The topological polar surface area (TPSA) is 54.4 Å². The van der Waals surface area contributed by atoms with Gasteiger partial charge in [-0.25, -0.2) is 0 Å². The Morgan fingerprint density at radius 2 is 1.96 bits per heavy atom. The van der Waals surface area contributed by atoms with Crippen LogP contribution in [0.3, 0.4) is 0 Å². The maximum atomic E-state index is 12.3. The molecule has 6 atom stereocenters. The van der Waals surface area contributed by atoms with Crippen molar-refractivity contribution in [1.82, 2.24) is 0 Å². The zero-order valence-electron chi connectivity index (χ0n) is 15.9. The molecule has 0 bridgehead atoms. The minimum atomic E-state index is -1.18. The average Bonchev–Trinajstić information content (AvgIpc) is 2.83. The maximum absolute atomic E-state index is 12.3. The van der Waals surface area contributed by atoms with Gasteiger partial charge in [-0.2, -0.15) is 0 Å². The molecule has 25 heavy (non-hydrogen) atoms. The molecule has 1 N–H and O–H groups in total. The summed E-state index contributed by atoms with van der Waals surface area (Å²) in [6.45, 7) is 8.24. The number of rotatable bonds is 1. The molecule has 3 heteroatoms. The number of ketones is 2. The molecule has 4 aliphatic carbocycles. The summed E-state index contributed by atoms with van der Waals surface area (Å²) in [6.07, 6.45) is 9.11. The van der Waals surface area contributed by atoms with Crippen LogP contribution in [0.5, 0.6) is 0 Å².